The zero-order valence-electron chi connectivity index (χ0n) is 21.9. The Hall–Kier alpha value is -4.99. The highest BCUT2D eigenvalue weighted by Gasteiger charge is 2.27. The van der Waals surface area contributed by atoms with Crippen molar-refractivity contribution in [3.63, 3.8) is 0 Å². The molecule has 3 heterocycles. The van der Waals surface area contributed by atoms with Gasteiger partial charge < -0.3 is 19.3 Å². The van der Waals surface area contributed by atoms with E-state index in [0.717, 1.165) is 28.2 Å². The molecule has 2 aliphatic rings. The van der Waals surface area contributed by atoms with Crippen molar-refractivity contribution in [2.75, 3.05) is 37.9 Å². The van der Waals surface area contributed by atoms with Gasteiger partial charge in [-0.25, -0.2) is 9.97 Å². The standard InChI is InChI=1S/C30H27N5O5/c1-20-25(17-21-7-10-24(11-8-21)35(37)38)29(32-28(31-20)22-5-3-2-4-6-22)33-13-15-34(16-14-33)30(36)23-9-12-26-27(18-23)40-19-39-26/h2-12,18H,13-17,19H2,1H3. The van der Waals surface area contributed by atoms with Crippen LogP contribution >= 0.6 is 0 Å². The monoisotopic (exact) mass is 537 g/mol. The zero-order chi connectivity index (χ0) is 27.6. The summed E-state index contributed by atoms with van der Waals surface area (Å²) in [6.45, 7) is 4.42. The molecule has 4 aromatic rings. The summed E-state index contributed by atoms with van der Waals surface area (Å²) in [6.07, 6.45) is 0.532. The van der Waals surface area contributed by atoms with E-state index < -0.39 is 4.92 Å². The van der Waals surface area contributed by atoms with Gasteiger partial charge in [-0.1, -0.05) is 42.5 Å². The van der Waals surface area contributed by atoms with Gasteiger partial charge in [0.2, 0.25) is 6.79 Å². The van der Waals surface area contributed by atoms with Crippen LogP contribution in [-0.2, 0) is 6.42 Å². The molecule has 3 aromatic carbocycles. The summed E-state index contributed by atoms with van der Waals surface area (Å²) in [6, 6.07) is 21.7. The van der Waals surface area contributed by atoms with E-state index in [1.54, 1.807) is 30.3 Å². The minimum Gasteiger partial charge on any atom is -0.454 e. The number of carbonyl (C=O) groups excluding carboxylic acids is 1. The maximum Gasteiger partial charge on any atom is 0.269 e. The molecule has 1 amide bonds. The van der Waals surface area contributed by atoms with Crippen molar-refractivity contribution < 1.29 is 19.2 Å². The number of non-ortho nitro benzene ring substituents is 1. The first-order chi connectivity index (χ1) is 19.5. The maximum absolute atomic E-state index is 13.3. The molecule has 6 rings (SSSR count). The van der Waals surface area contributed by atoms with Crippen LogP contribution in [0.3, 0.4) is 0 Å². The smallest absolute Gasteiger partial charge is 0.269 e. The molecule has 202 valence electrons. The molecule has 0 atom stereocenters. The Morgan fingerprint density at radius 2 is 1.65 bits per heavy atom. The number of nitrogens with zero attached hydrogens (tertiary/aromatic N) is 5. The van der Waals surface area contributed by atoms with Gasteiger partial charge in [0.25, 0.3) is 11.6 Å². The molecule has 0 aliphatic carbocycles. The maximum atomic E-state index is 13.3. The Morgan fingerprint density at radius 1 is 0.925 bits per heavy atom. The molecule has 0 spiro atoms. The van der Waals surface area contributed by atoms with Gasteiger partial charge in [0.1, 0.15) is 5.82 Å². The van der Waals surface area contributed by atoms with E-state index in [4.69, 9.17) is 19.4 Å². The SMILES string of the molecule is Cc1nc(-c2ccccc2)nc(N2CCN(C(=O)c3ccc4c(c3)OCO4)CC2)c1Cc1ccc([N+](=O)[O-])cc1. The van der Waals surface area contributed by atoms with Crippen LogP contribution in [-0.4, -0.2) is 58.7 Å². The van der Waals surface area contributed by atoms with Gasteiger partial charge in [-0.15, -0.1) is 0 Å². The van der Waals surface area contributed by atoms with Gasteiger partial charge in [-0.3, -0.25) is 14.9 Å². The lowest BCUT2D eigenvalue weighted by molar-refractivity contribution is -0.384. The summed E-state index contributed by atoms with van der Waals surface area (Å²) in [5.41, 5.74) is 4.29. The van der Waals surface area contributed by atoms with Gasteiger partial charge in [-0.2, -0.15) is 0 Å². The van der Waals surface area contributed by atoms with Crippen LogP contribution in [0.15, 0.2) is 72.8 Å². The number of nitro benzene ring substituents is 1. The summed E-state index contributed by atoms with van der Waals surface area (Å²) in [5, 5.41) is 11.1. The first-order valence-electron chi connectivity index (χ1n) is 13.1. The Labute approximate surface area is 231 Å². The van der Waals surface area contributed by atoms with Crippen LogP contribution < -0.4 is 14.4 Å². The van der Waals surface area contributed by atoms with Crippen molar-refractivity contribution in [1.29, 1.82) is 0 Å². The molecule has 1 aromatic heterocycles. The molecule has 0 N–H and O–H groups in total. The second-order valence-corrected chi connectivity index (χ2v) is 9.75. The molecule has 0 saturated carbocycles. The van der Waals surface area contributed by atoms with Crippen LogP contribution in [0, 0.1) is 17.0 Å². The van der Waals surface area contributed by atoms with E-state index in [1.807, 2.05) is 42.2 Å². The lowest BCUT2D eigenvalue weighted by Gasteiger charge is -2.36. The lowest BCUT2D eigenvalue weighted by atomic mass is 10.0. The predicted octanol–water partition coefficient (Wildman–Crippen LogP) is 4.64. The topological polar surface area (TPSA) is 111 Å². The fourth-order valence-corrected chi connectivity index (χ4v) is 5.04. The number of aryl methyl sites for hydroxylation is 1. The van der Waals surface area contributed by atoms with E-state index in [0.29, 0.717) is 55.5 Å². The molecule has 0 bridgehead atoms. The summed E-state index contributed by atoms with van der Waals surface area (Å²) in [5.74, 6) is 2.65. The van der Waals surface area contributed by atoms with E-state index in [2.05, 4.69) is 4.90 Å². The molecule has 2 aliphatic heterocycles. The van der Waals surface area contributed by atoms with Crippen LogP contribution in [0.2, 0.25) is 0 Å². The van der Waals surface area contributed by atoms with Crippen molar-refractivity contribution in [1.82, 2.24) is 14.9 Å². The van der Waals surface area contributed by atoms with Gasteiger partial charge in [0, 0.05) is 67.1 Å². The fourth-order valence-electron chi connectivity index (χ4n) is 5.04. The first kappa shape index (κ1) is 25.3. The summed E-state index contributed by atoms with van der Waals surface area (Å²) in [7, 11) is 0. The van der Waals surface area contributed by atoms with Gasteiger partial charge in [0.05, 0.1) is 4.92 Å². The second kappa shape index (κ2) is 10.6. The molecule has 0 unspecified atom stereocenters. The Kier molecular flexibility index (Phi) is 6.73. The summed E-state index contributed by atoms with van der Waals surface area (Å²) >= 11 is 0. The summed E-state index contributed by atoms with van der Waals surface area (Å²) in [4.78, 5) is 37.8. The molecule has 1 saturated heterocycles. The van der Waals surface area contributed by atoms with E-state index in [9.17, 15) is 14.9 Å². The third-order valence-electron chi connectivity index (χ3n) is 7.24. The van der Waals surface area contributed by atoms with Gasteiger partial charge in [0.15, 0.2) is 17.3 Å². The Morgan fingerprint density at radius 3 is 2.38 bits per heavy atom. The number of hydrogen-bond acceptors (Lipinski definition) is 8. The average molecular weight is 538 g/mol. The van der Waals surface area contributed by atoms with Crippen LogP contribution in [0.1, 0.15) is 27.2 Å². The Balaban J connectivity index is 1.26. The van der Waals surface area contributed by atoms with Crippen molar-refractivity contribution >= 4 is 17.4 Å². The van der Waals surface area contributed by atoms with Crippen LogP contribution in [0.5, 0.6) is 11.5 Å². The molecular weight excluding hydrogens is 510 g/mol. The molecule has 10 nitrogen and oxygen atoms in total. The number of amides is 1. The highest BCUT2D eigenvalue weighted by atomic mass is 16.7. The normalized spacial score (nSPS) is 14.3. The van der Waals surface area contributed by atoms with Crippen molar-refractivity contribution in [2.45, 2.75) is 13.3 Å². The van der Waals surface area contributed by atoms with Gasteiger partial charge in [-0.05, 0) is 30.7 Å². The number of carbonyl (C=O) groups is 1. The predicted molar refractivity (Wildman–Crippen MR) is 149 cm³/mol. The quantitative estimate of drug-likeness (QED) is 0.258. The van der Waals surface area contributed by atoms with E-state index >= 15 is 0 Å². The van der Waals surface area contributed by atoms with Crippen LogP contribution in [0.25, 0.3) is 11.4 Å². The minimum absolute atomic E-state index is 0.0482. The van der Waals surface area contributed by atoms with E-state index in [-0.39, 0.29) is 18.4 Å². The third-order valence-corrected chi connectivity index (χ3v) is 7.24. The molecule has 0 radical (unpaired) electrons. The molecule has 40 heavy (non-hydrogen) atoms. The fraction of sp³-hybridized carbons (Fsp3) is 0.233. The number of fused-ring (bicyclic) bond motifs is 1. The Bertz CT molecular complexity index is 1570. The van der Waals surface area contributed by atoms with Crippen LogP contribution in [0.4, 0.5) is 11.5 Å². The number of nitro groups is 1. The van der Waals surface area contributed by atoms with Crippen molar-refractivity contribution in [3.8, 4) is 22.9 Å². The number of aromatic nitrogens is 2. The molecule has 10 heteroatoms. The van der Waals surface area contributed by atoms with Gasteiger partial charge >= 0.3 is 0 Å². The number of anilines is 1. The van der Waals surface area contributed by atoms with E-state index in [1.165, 1.54) is 12.1 Å². The molecular formula is C30H27N5O5. The largest absolute Gasteiger partial charge is 0.454 e. The number of hydrogen-bond donors (Lipinski definition) is 0. The summed E-state index contributed by atoms with van der Waals surface area (Å²) < 4.78 is 10.8. The first-order valence-corrected chi connectivity index (χ1v) is 13.1. The van der Waals surface area contributed by atoms with Crippen molar-refractivity contribution in [2.24, 2.45) is 0 Å². The number of rotatable bonds is 6. The average Bonchev–Trinajstić information content (AvgIpc) is 3.47. The lowest BCUT2D eigenvalue weighted by Crippen LogP contribution is -2.49. The number of piperazine rings is 1. The third kappa shape index (κ3) is 5.03. The second-order valence-electron chi connectivity index (χ2n) is 9.75. The highest BCUT2D eigenvalue weighted by Crippen LogP contribution is 2.33. The zero-order valence-corrected chi connectivity index (χ0v) is 21.9. The number of ether oxygens (including phenoxy) is 2. The number of benzene rings is 3. The highest BCUT2D eigenvalue weighted by molar-refractivity contribution is 5.95. The minimum atomic E-state index is -0.400. The van der Waals surface area contributed by atoms with Crippen molar-refractivity contribution in [3.05, 3.63) is 105 Å². The molecule has 1 fully saturated rings.